The lowest BCUT2D eigenvalue weighted by Crippen LogP contribution is -2.04. The largest absolute Gasteiger partial charge is 0.381 e. The van der Waals surface area contributed by atoms with Crippen molar-refractivity contribution in [2.75, 3.05) is 13.2 Å². The van der Waals surface area contributed by atoms with Crippen molar-refractivity contribution in [3.05, 3.63) is 48.0 Å². The molecule has 0 N–H and O–H groups in total. The molecule has 1 nitrogen and oxygen atoms in total. The van der Waals surface area contributed by atoms with Crippen LogP contribution >= 0.6 is 11.6 Å². The predicted molar refractivity (Wildman–Crippen MR) is 78.4 cm³/mol. The fourth-order valence-corrected chi connectivity index (χ4v) is 2.02. The number of benzene rings is 2. The van der Waals surface area contributed by atoms with Crippen LogP contribution in [0.3, 0.4) is 0 Å². The van der Waals surface area contributed by atoms with Crippen molar-refractivity contribution in [3.8, 4) is 0 Å². The minimum atomic E-state index is 0.200. The second-order valence-corrected chi connectivity index (χ2v) is 5.36. The van der Waals surface area contributed by atoms with Gasteiger partial charge in [0, 0.05) is 12.0 Å². The number of hydrogen-bond donors (Lipinski definition) is 0. The molecule has 0 radical (unpaired) electrons. The summed E-state index contributed by atoms with van der Waals surface area (Å²) in [6.45, 7) is 3.51. The molecule has 0 fully saturated rings. The highest BCUT2D eigenvalue weighted by atomic mass is 35.5. The van der Waals surface area contributed by atoms with Gasteiger partial charge in [0.1, 0.15) is 0 Å². The molecule has 0 saturated heterocycles. The first kappa shape index (κ1) is 13.4. The highest BCUT2D eigenvalue weighted by molar-refractivity contribution is 6.20. The van der Waals surface area contributed by atoms with Crippen LogP contribution in [-0.4, -0.2) is 18.6 Å². The van der Waals surface area contributed by atoms with Crippen molar-refractivity contribution in [1.29, 1.82) is 0 Å². The Morgan fingerprint density at radius 2 is 1.83 bits per heavy atom. The number of hydrogen-bond acceptors (Lipinski definition) is 1. The lowest BCUT2D eigenvalue weighted by molar-refractivity contribution is 0.135. The van der Waals surface area contributed by atoms with Crippen molar-refractivity contribution in [2.24, 2.45) is 0 Å². The monoisotopic (exact) mass is 262 g/mol. The molecule has 2 heteroatoms. The van der Waals surface area contributed by atoms with Crippen LogP contribution in [0, 0.1) is 0 Å². The maximum Gasteiger partial charge on any atom is 0.0506 e. The standard InChI is InChI=1S/C16H19ClO/c1-13(17)8-10-18-11-9-14-6-7-15-4-2-3-5-16(15)12-14/h2-7,12-13H,8-11H2,1H3. The van der Waals surface area contributed by atoms with Crippen LogP contribution in [0.4, 0.5) is 0 Å². The summed E-state index contributed by atoms with van der Waals surface area (Å²) in [6, 6.07) is 15.0. The SMILES string of the molecule is CC(Cl)CCOCCc1ccc2ccccc2c1. The summed E-state index contributed by atoms with van der Waals surface area (Å²) in [4.78, 5) is 0. The number of halogens is 1. The van der Waals surface area contributed by atoms with Crippen LogP contribution in [0.2, 0.25) is 0 Å². The van der Waals surface area contributed by atoms with Crippen LogP contribution < -0.4 is 0 Å². The van der Waals surface area contributed by atoms with E-state index in [9.17, 15) is 0 Å². The van der Waals surface area contributed by atoms with Gasteiger partial charge in [0.2, 0.25) is 0 Å². The molecule has 0 saturated carbocycles. The molecule has 0 heterocycles. The topological polar surface area (TPSA) is 9.23 Å². The Hall–Kier alpha value is -1.05. The minimum Gasteiger partial charge on any atom is -0.381 e. The Morgan fingerprint density at radius 3 is 2.61 bits per heavy atom. The second kappa shape index (κ2) is 6.77. The zero-order chi connectivity index (χ0) is 12.8. The van der Waals surface area contributed by atoms with E-state index in [1.54, 1.807) is 0 Å². The summed E-state index contributed by atoms with van der Waals surface area (Å²) < 4.78 is 5.58. The molecule has 0 aliphatic rings. The highest BCUT2D eigenvalue weighted by Crippen LogP contribution is 2.16. The molecule has 0 aliphatic heterocycles. The van der Waals surface area contributed by atoms with Gasteiger partial charge in [-0.1, -0.05) is 42.5 Å². The Morgan fingerprint density at radius 1 is 1.06 bits per heavy atom. The zero-order valence-corrected chi connectivity index (χ0v) is 11.5. The Bertz CT molecular complexity index is 493. The summed E-state index contributed by atoms with van der Waals surface area (Å²) in [5.74, 6) is 0. The van der Waals surface area contributed by atoms with Gasteiger partial charge in [0.05, 0.1) is 6.61 Å². The summed E-state index contributed by atoms with van der Waals surface area (Å²) in [6.07, 6.45) is 1.88. The molecule has 0 spiro atoms. The molecule has 1 unspecified atom stereocenters. The van der Waals surface area contributed by atoms with E-state index in [0.29, 0.717) is 0 Å². The van der Waals surface area contributed by atoms with Crippen LogP contribution in [0.5, 0.6) is 0 Å². The van der Waals surface area contributed by atoms with Crippen molar-refractivity contribution in [2.45, 2.75) is 25.1 Å². The number of alkyl halides is 1. The molecule has 2 aromatic rings. The second-order valence-electron chi connectivity index (χ2n) is 4.61. The van der Waals surface area contributed by atoms with E-state index in [0.717, 1.165) is 26.1 Å². The normalized spacial score (nSPS) is 12.8. The third-order valence-corrected chi connectivity index (χ3v) is 3.23. The molecule has 0 bridgehead atoms. The van der Waals surface area contributed by atoms with Crippen LogP contribution in [0.15, 0.2) is 42.5 Å². The molecule has 18 heavy (non-hydrogen) atoms. The smallest absolute Gasteiger partial charge is 0.0506 e. The first-order valence-corrected chi connectivity index (χ1v) is 6.89. The average Bonchev–Trinajstić information content (AvgIpc) is 2.38. The van der Waals surface area contributed by atoms with Gasteiger partial charge in [-0.15, -0.1) is 11.6 Å². The van der Waals surface area contributed by atoms with Gasteiger partial charge in [-0.2, -0.15) is 0 Å². The van der Waals surface area contributed by atoms with Crippen molar-refractivity contribution >= 4 is 22.4 Å². The minimum absolute atomic E-state index is 0.200. The predicted octanol–water partition coefficient (Wildman–Crippen LogP) is 4.42. The van der Waals surface area contributed by atoms with Crippen LogP contribution in [0.1, 0.15) is 18.9 Å². The fraction of sp³-hybridized carbons (Fsp3) is 0.375. The van der Waals surface area contributed by atoms with Gasteiger partial charge in [0.25, 0.3) is 0 Å². The number of fused-ring (bicyclic) bond motifs is 1. The molecule has 2 rings (SSSR count). The fourth-order valence-electron chi connectivity index (χ4n) is 1.93. The Kier molecular flexibility index (Phi) is 5.03. The molecule has 2 aromatic carbocycles. The van der Waals surface area contributed by atoms with Crippen molar-refractivity contribution in [1.82, 2.24) is 0 Å². The summed E-state index contributed by atoms with van der Waals surface area (Å²) in [5.41, 5.74) is 1.33. The molecular weight excluding hydrogens is 244 g/mol. The maximum absolute atomic E-state index is 5.86. The van der Waals surface area contributed by atoms with E-state index in [2.05, 4.69) is 42.5 Å². The Labute approximate surface area is 114 Å². The summed E-state index contributed by atoms with van der Waals surface area (Å²) in [7, 11) is 0. The quantitative estimate of drug-likeness (QED) is 0.553. The first-order chi connectivity index (χ1) is 8.75. The van der Waals surface area contributed by atoms with Crippen LogP contribution in [0.25, 0.3) is 10.8 Å². The van der Waals surface area contributed by atoms with E-state index in [4.69, 9.17) is 16.3 Å². The number of rotatable bonds is 6. The Balaban J connectivity index is 1.84. The molecule has 0 aromatic heterocycles. The van der Waals surface area contributed by atoms with E-state index in [1.807, 2.05) is 6.92 Å². The third kappa shape index (κ3) is 4.01. The lowest BCUT2D eigenvalue weighted by atomic mass is 10.1. The highest BCUT2D eigenvalue weighted by Gasteiger charge is 1.98. The van der Waals surface area contributed by atoms with Gasteiger partial charge in [-0.05, 0) is 36.1 Å². The zero-order valence-electron chi connectivity index (χ0n) is 10.7. The molecular formula is C16H19ClO. The molecule has 0 aliphatic carbocycles. The average molecular weight is 263 g/mol. The van der Waals surface area contributed by atoms with Crippen molar-refractivity contribution in [3.63, 3.8) is 0 Å². The van der Waals surface area contributed by atoms with Gasteiger partial charge in [-0.25, -0.2) is 0 Å². The maximum atomic E-state index is 5.86. The van der Waals surface area contributed by atoms with Crippen molar-refractivity contribution < 1.29 is 4.74 Å². The van der Waals surface area contributed by atoms with Crippen LogP contribution in [-0.2, 0) is 11.2 Å². The summed E-state index contributed by atoms with van der Waals surface area (Å²) in [5, 5.41) is 2.79. The van der Waals surface area contributed by atoms with Gasteiger partial charge < -0.3 is 4.74 Å². The summed E-state index contributed by atoms with van der Waals surface area (Å²) >= 11 is 5.86. The molecule has 0 amide bonds. The van der Waals surface area contributed by atoms with Gasteiger partial charge in [0.15, 0.2) is 0 Å². The van der Waals surface area contributed by atoms with E-state index >= 15 is 0 Å². The van der Waals surface area contributed by atoms with Gasteiger partial charge in [-0.3, -0.25) is 0 Å². The van der Waals surface area contributed by atoms with E-state index in [1.165, 1.54) is 16.3 Å². The third-order valence-electron chi connectivity index (χ3n) is 3.01. The lowest BCUT2D eigenvalue weighted by Gasteiger charge is -2.06. The number of ether oxygens (including phenoxy) is 1. The van der Waals surface area contributed by atoms with E-state index < -0.39 is 0 Å². The van der Waals surface area contributed by atoms with E-state index in [-0.39, 0.29) is 5.38 Å². The van der Waals surface area contributed by atoms with Gasteiger partial charge >= 0.3 is 0 Å². The molecule has 96 valence electrons. The molecule has 1 atom stereocenters. The first-order valence-electron chi connectivity index (χ1n) is 6.45.